The van der Waals surface area contributed by atoms with Crippen LogP contribution in [0.1, 0.15) is 5.01 Å². The topological polar surface area (TPSA) is 142 Å². The first-order chi connectivity index (χ1) is 13.9. The highest BCUT2D eigenvalue weighted by Crippen LogP contribution is 2.27. The van der Waals surface area contributed by atoms with Gasteiger partial charge in [-0.05, 0) is 19.1 Å². The van der Waals surface area contributed by atoms with E-state index in [1.165, 1.54) is 35.8 Å². The smallest absolute Gasteiger partial charge is 0.229 e. The second-order valence-corrected chi connectivity index (χ2v) is 7.77. The molecule has 4 rings (SSSR count). The SMILES string of the molecule is Cc1nc(-c2coc3cc(O[C@@H]4O[C@H](CO)[C@@H](O)[C@@H](O)[C@@H]4O)ccc3c2=O)cs1. The molecule has 1 aromatic carbocycles. The fourth-order valence-electron chi connectivity index (χ4n) is 3.14. The molecule has 1 saturated heterocycles. The summed E-state index contributed by atoms with van der Waals surface area (Å²) in [5.74, 6) is 0.210. The highest BCUT2D eigenvalue weighted by atomic mass is 32.1. The van der Waals surface area contributed by atoms with E-state index in [-0.39, 0.29) is 16.8 Å². The number of aliphatic hydroxyl groups excluding tert-OH is 4. The minimum absolute atomic E-state index is 0.210. The molecule has 1 aliphatic rings. The number of nitrogens with zero attached hydrogens (tertiary/aromatic N) is 1. The van der Waals surface area contributed by atoms with Crippen LogP contribution in [0.15, 0.2) is 39.1 Å². The molecule has 0 aliphatic carbocycles. The van der Waals surface area contributed by atoms with Crippen molar-refractivity contribution in [2.75, 3.05) is 6.61 Å². The number of benzene rings is 1. The number of rotatable bonds is 4. The molecule has 1 fully saturated rings. The minimum atomic E-state index is -1.55. The summed E-state index contributed by atoms with van der Waals surface area (Å²) in [6.07, 6.45) is -5.64. The average Bonchev–Trinajstić information content (AvgIpc) is 3.14. The molecule has 5 atom stereocenters. The molecule has 0 radical (unpaired) electrons. The zero-order valence-electron chi connectivity index (χ0n) is 15.3. The van der Waals surface area contributed by atoms with Gasteiger partial charge in [-0.1, -0.05) is 0 Å². The number of fused-ring (bicyclic) bond motifs is 1. The summed E-state index contributed by atoms with van der Waals surface area (Å²) in [5, 5.41) is 42.0. The van der Waals surface area contributed by atoms with Gasteiger partial charge >= 0.3 is 0 Å². The van der Waals surface area contributed by atoms with Crippen molar-refractivity contribution in [3.8, 4) is 17.0 Å². The normalized spacial score (nSPS) is 27.3. The van der Waals surface area contributed by atoms with Crippen LogP contribution in [0.4, 0.5) is 0 Å². The molecule has 3 aromatic rings. The summed E-state index contributed by atoms with van der Waals surface area (Å²) in [6, 6.07) is 4.47. The minimum Gasteiger partial charge on any atom is -0.463 e. The third kappa shape index (κ3) is 3.66. The van der Waals surface area contributed by atoms with Gasteiger partial charge in [0, 0.05) is 11.4 Å². The van der Waals surface area contributed by atoms with E-state index in [1.54, 1.807) is 5.38 Å². The third-order valence-electron chi connectivity index (χ3n) is 4.74. The van der Waals surface area contributed by atoms with E-state index < -0.39 is 37.3 Å². The Hall–Kier alpha value is -2.34. The summed E-state index contributed by atoms with van der Waals surface area (Å²) in [7, 11) is 0. The highest BCUT2D eigenvalue weighted by Gasteiger charge is 2.44. The maximum absolute atomic E-state index is 12.8. The van der Waals surface area contributed by atoms with Crippen molar-refractivity contribution in [3.63, 3.8) is 0 Å². The molecule has 0 unspecified atom stereocenters. The molecule has 0 spiro atoms. The van der Waals surface area contributed by atoms with E-state index in [9.17, 15) is 25.2 Å². The highest BCUT2D eigenvalue weighted by molar-refractivity contribution is 7.09. The van der Waals surface area contributed by atoms with Crippen molar-refractivity contribution in [2.24, 2.45) is 0 Å². The van der Waals surface area contributed by atoms with Crippen molar-refractivity contribution < 1.29 is 34.3 Å². The molecular formula is C19H19NO8S. The number of aliphatic hydroxyl groups is 4. The Kier molecular flexibility index (Phi) is 5.38. The van der Waals surface area contributed by atoms with E-state index in [2.05, 4.69) is 4.98 Å². The van der Waals surface area contributed by atoms with Gasteiger partial charge in [-0.15, -0.1) is 11.3 Å². The molecule has 2 aromatic heterocycles. The number of hydrogen-bond donors (Lipinski definition) is 4. The number of aromatic nitrogens is 1. The second-order valence-electron chi connectivity index (χ2n) is 6.70. The predicted molar refractivity (Wildman–Crippen MR) is 103 cm³/mol. The van der Waals surface area contributed by atoms with Crippen molar-refractivity contribution >= 4 is 22.3 Å². The molecule has 9 nitrogen and oxygen atoms in total. The van der Waals surface area contributed by atoms with E-state index in [0.29, 0.717) is 16.6 Å². The lowest BCUT2D eigenvalue weighted by Crippen LogP contribution is -2.60. The average molecular weight is 421 g/mol. The molecule has 0 saturated carbocycles. The van der Waals surface area contributed by atoms with Crippen LogP contribution in [0.3, 0.4) is 0 Å². The van der Waals surface area contributed by atoms with Gasteiger partial charge in [0.05, 0.1) is 28.3 Å². The molecular weight excluding hydrogens is 402 g/mol. The van der Waals surface area contributed by atoms with E-state index in [0.717, 1.165) is 5.01 Å². The molecule has 0 amide bonds. The summed E-state index contributed by atoms with van der Waals surface area (Å²) in [5.41, 5.74) is 0.915. The van der Waals surface area contributed by atoms with Crippen LogP contribution in [0.5, 0.6) is 5.75 Å². The van der Waals surface area contributed by atoms with E-state index >= 15 is 0 Å². The van der Waals surface area contributed by atoms with Crippen molar-refractivity contribution in [1.82, 2.24) is 4.98 Å². The maximum Gasteiger partial charge on any atom is 0.229 e. The van der Waals surface area contributed by atoms with Crippen LogP contribution < -0.4 is 10.2 Å². The Labute approximate surface area is 168 Å². The molecule has 4 N–H and O–H groups in total. The van der Waals surface area contributed by atoms with Gasteiger partial charge in [-0.25, -0.2) is 4.98 Å². The molecule has 154 valence electrons. The van der Waals surface area contributed by atoms with Crippen LogP contribution in [-0.4, -0.2) is 62.7 Å². The summed E-state index contributed by atoms with van der Waals surface area (Å²) < 4.78 is 16.5. The number of thiazole rings is 1. The first kappa shape index (κ1) is 20.0. The van der Waals surface area contributed by atoms with Crippen LogP contribution in [0.2, 0.25) is 0 Å². The van der Waals surface area contributed by atoms with Gasteiger partial charge in [0.25, 0.3) is 0 Å². The molecule has 29 heavy (non-hydrogen) atoms. The van der Waals surface area contributed by atoms with Crippen LogP contribution in [-0.2, 0) is 4.74 Å². The first-order valence-electron chi connectivity index (χ1n) is 8.84. The second kappa shape index (κ2) is 7.82. The van der Waals surface area contributed by atoms with Gasteiger partial charge in [0.1, 0.15) is 42.0 Å². The maximum atomic E-state index is 12.8. The summed E-state index contributed by atoms with van der Waals surface area (Å²) in [6.45, 7) is 1.29. The standard InChI is InChI=1S/C19H19NO8S/c1-8-20-12(7-29-8)11-6-26-13-4-9(2-3-10(13)15(11)22)27-19-18(25)17(24)16(23)14(5-21)28-19/h2-4,6-7,14,16-19,21,23-25H,5H2,1H3/t14-,16-,17-,18+,19-/m1/s1. The Morgan fingerprint density at radius 2 is 2.00 bits per heavy atom. The first-order valence-corrected chi connectivity index (χ1v) is 9.72. The molecule has 10 heteroatoms. The van der Waals surface area contributed by atoms with Crippen LogP contribution >= 0.6 is 11.3 Å². The van der Waals surface area contributed by atoms with Gasteiger partial charge in [-0.2, -0.15) is 0 Å². The molecule has 1 aliphatic heterocycles. The van der Waals surface area contributed by atoms with Crippen molar-refractivity contribution in [3.05, 3.63) is 45.1 Å². The lowest BCUT2D eigenvalue weighted by molar-refractivity contribution is -0.277. The predicted octanol–water partition coefficient (Wildman–Crippen LogP) is 0.404. The van der Waals surface area contributed by atoms with Gasteiger partial charge in [0.15, 0.2) is 0 Å². The molecule has 0 bridgehead atoms. The van der Waals surface area contributed by atoms with Gasteiger partial charge in [0.2, 0.25) is 11.7 Å². The fraction of sp³-hybridized carbons (Fsp3) is 0.368. The van der Waals surface area contributed by atoms with E-state index in [4.69, 9.17) is 13.9 Å². The largest absolute Gasteiger partial charge is 0.463 e. The summed E-state index contributed by atoms with van der Waals surface area (Å²) in [4.78, 5) is 17.1. The monoisotopic (exact) mass is 421 g/mol. The van der Waals surface area contributed by atoms with Gasteiger partial charge in [-0.3, -0.25) is 4.79 Å². The van der Waals surface area contributed by atoms with Crippen molar-refractivity contribution in [1.29, 1.82) is 0 Å². The fourth-order valence-corrected chi connectivity index (χ4v) is 3.76. The third-order valence-corrected chi connectivity index (χ3v) is 5.52. The number of hydrogen-bond acceptors (Lipinski definition) is 10. The zero-order valence-corrected chi connectivity index (χ0v) is 16.1. The quantitative estimate of drug-likeness (QED) is 0.471. The van der Waals surface area contributed by atoms with Crippen molar-refractivity contribution in [2.45, 2.75) is 37.6 Å². The van der Waals surface area contributed by atoms with Gasteiger partial charge < -0.3 is 34.3 Å². The summed E-state index contributed by atoms with van der Waals surface area (Å²) >= 11 is 1.43. The lowest BCUT2D eigenvalue weighted by Gasteiger charge is -2.39. The zero-order chi connectivity index (χ0) is 20.7. The molecule has 3 heterocycles. The number of aryl methyl sites for hydroxylation is 1. The lowest BCUT2D eigenvalue weighted by atomic mass is 9.99. The van der Waals surface area contributed by atoms with Crippen LogP contribution in [0.25, 0.3) is 22.2 Å². The van der Waals surface area contributed by atoms with E-state index in [1.807, 2.05) is 6.92 Å². The number of ether oxygens (including phenoxy) is 2. The Bertz CT molecular complexity index is 1080. The Morgan fingerprint density at radius 1 is 1.21 bits per heavy atom. The Morgan fingerprint density at radius 3 is 2.69 bits per heavy atom. The Balaban J connectivity index is 1.62. The van der Waals surface area contributed by atoms with Crippen LogP contribution in [0, 0.1) is 6.92 Å².